The first-order chi connectivity index (χ1) is 20.2. The maximum Gasteiger partial charge on any atom is 0.460 e. The molecule has 0 amide bonds. The normalized spacial score (nSPS) is 13.8. The van der Waals surface area contributed by atoms with Crippen LogP contribution in [0, 0.1) is 20.8 Å². The number of hydrogen-bond acceptors (Lipinski definition) is 3. The van der Waals surface area contributed by atoms with Gasteiger partial charge in [0.1, 0.15) is 0 Å². The molecule has 0 atom stereocenters. The van der Waals surface area contributed by atoms with Crippen molar-refractivity contribution in [3.05, 3.63) is 89.5 Å². The van der Waals surface area contributed by atoms with E-state index in [1.54, 1.807) is 0 Å². The van der Waals surface area contributed by atoms with Gasteiger partial charge in [0.25, 0.3) is 0 Å². The van der Waals surface area contributed by atoms with Gasteiger partial charge in [-0.3, -0.25) is 0 Å². The summed E-state index contributed by atoms with van der Waals surface area (Å²) >= 11 is 0. The number of rotatable bonds is 8. The Kier molecular flexibility index (Phi) is 10.7. The standard InChI is InChI=1S/C21H21S.C6HF13O3S/c1-16-14-17(2)21(18(3)15-16)22(19-10-6-4-7-11-19)20-12-8-5-9-13-20;7-1(8,3(11,12)5(15,16)17)2(9,10)4(13,14)6(18,19)23(20,21)22/h4-15H,1-3H3;(H,20,21,22)/q+1;/p-1. The second kappa shape index (κ2) is 12.7. The molecule has 250 valence electrons. The molecule has 0 aromatic heterocycles. The summed E-state index contributed by atoms with van der Waals surface area (Å²) in [5.74, 6) is -32.6. The Hall–Kier alpha value is -2.99. The van der Waals surface area contributed by atoms with Crippen molar-refractivity contribution >= 4 is 21.0 Å². The Bertz CT molecular complexity index is 1510. The molecule has 0 saturated heterocycles. The topological polar surface area (TPSA) is 57.2 Å². The number of alkyl halides is 13. The quantitative estimate of drug-likeness (QED) is 0.134. The van der Waals surface area contributed by atoms with E-state index in [-0.39, 0.29) is 10.9 Å². The maximum atomic E-state index is 12.7. The van der Waals surface area contributed by atoms with Crippen LogP contribution in [0.4, 0.5) is 57.1 Å². The summed E-state index contributed by atoms with van der Waals surface area (Å²) in [6.07, 6.45) is -7.61. The molecule has 3 rings (SSSR count). The molecule has 3 aromatic carbocycles. The molecule has 0 aliphatic heterocycles. The molecule has 0 N–H and O–H groups in total. The van der Waals surface area contributed by atoms with E-state index in [1.807, 2.05) is 0 Å². The van der Waals surface area contributed by atoms with Crippen molar-refractivity contribution in [2.75, 3.05) is 0 Å². The molecule has 0 spiro atoms. The van der Waals surface area contributed by atoms with Crippen LogP contribution in [0.25, 0.3) is 0 Å². The van der Waals surface area contributed by atoms with Gasteiger partial charge in [0.2, 0.25) is 0 Å². The molecule has 18 heteroatoms. The van der Waals surface area contributed by atoms with Crippen LogP contribution in [0.3, 0.4) is 0 Å². The highest BCUT2D eigenvalue weighted by molar-refractivity contribution is 7.97. The predicted molar refractivity (Wildman–Crippen MR) is 136 cm³/mol. The molecule has 0 aliphatic rings. The third-order valence-corrected chi connectivity index (χ3v) is 9.41. The largest absolute Gasteiger partial charge is 0.743 e. The van der Waals surface area contributed by atoms with Gasteiger partial charge in [-0.05, 0) is 45.0 Å². The van der Waals surface area contributed by atoms with Crippen molar-refractivity contribution in [1.29, 1.82) is 0 Å². The van der Waals surface area contributed by atoms with Crippen LogP contribution < -0.4 is 0 Å². The summed E-state index contributed by atoms with van der Waals surface area (Å²) in [5.41, 5.74) is 4.10. The monoisotopic (exact) mass is 704 g/mol. The van der Waals surface area contributed by atoms with E-state index in [0.717, 1.165) is 0 Å². The second-order valence-electron chi connectivity index (χ2n) is 9.43. The van der Waals surface area contributed by atoms with Crippen LogP contribution in [-0.2, 0) is 21.0 Å². The summed E-state index contributed by atoms with van der Waals surface area (Å²) in [5, 5.41) is -7.63. The van der Waals surface area contributed by atoms with Gasteiger partial charge >= 0.3 is 35.1 Å². The average molecular weight is 705 g/mol. The highest BCUT2D eigenvalue weighted by atomic mass is 32.2. The fraction of sp³-hybridized carbons (Fsp3) is 0.333. The fourth-order valence-corrected chi connectivity index (χ4v) is 6.69. The zero-order chi connectivity index (χ0) is 35.0. The molecule has 0 bridgehead atoms. The molecule has 0 fully saturated rings. The van der Waals surface area contributed by atoms with Gasteiger partial charge in [0.15, 0.2) is 24.8 Å². The van der Waals surface area contributed by atoms with Crippen molar-refractivity contribution in [2.45, 2.75) is 70.6 Å². The first-order valence-electron chi connectivity index (χ1n) is 12.0. The molecule has 0 unspecified atom stereocenters. The van der Waals surface area contributed by atoms with Crippen LogP contribution in [0.15, 0.2) is 87.5 Å². The summed E-state index contributed by atoms with van der Waals surface area (Å²) < 4.78 is 189. The second-order valence-corrected chi connectivity index (χ2v) is 12.8. The zero-order valence-electron chi connectivity index (χ0n) is 22.9. The van der Waals surface area contributed by atoms with Crippen LogP contribution >= 0.6 is 0 Å². The summed E-state index contributed by atoms with van der Waals surface area (Å²) in [7, 11) is -7.90. The fourth-order valence-electron chi connectivity index (χ4n) is 3.89. The van der Waals surface area contributed by atoms with Crippen molar-refractivity contribution in [3.63, 3.8) is 0 Å². The van der Waals surface area contributed by atoms with Gasteiger partial charge in [-0.25, -0.2) is 8.42 Å². The average Bonchev–Trinajstić information content (AvgIpc) is 2.90. The maximum absolute atomic E-state index is 12.7. The number of halogens is 13. The Morgan fingerprint density at radius 2 is 0.889 bits per heavy atom. The molecule has 0 saturated carbocycles. The lowest BCUT2D eigenvalue weighted by Crippen LogP contribution is -2.71. The van der Waals surface area contributed by atoms with Gasteiger partial charge in [0.05, 0.1) is 10.9 Å². The van der Waals surface area contributed by atoms with E-state index in [9.17, 15) is 70.0 Å². The molecule has 0 aliphatic carbocycles. The van der Waals surface area contributed by atoms with Crippen molar-refractivity contribution < 1.29 is 70.0 Å². The minimum Gasteiger partial charge on any atom is -0.743 e. The summed E-state index contributed by atoms with van der Waals surface area (Å²) in [6, 6.07) is 26.3. The van der Waals surface area contributed by atoms with Gasteiger partial charge < -0.3 is 4.55 Å². The van der Waals surface area contributed by atoms with E-state index in [1.165, 1.54) is 31.4 Å². The molecule has 45 heavy (non-hydrogen) atoms. The summed E-state index contributed by atoms with van der Waals surface area (Å²) in [4.78, 5) is 4.22. The Morgan fingerprint density at radius 3 is 1.20 bits per heavy atom. The van der Waals surface area contributed by atoms with E-state index in [4.69, 9.17) is 0 Å². The van der Waals surface area contributed by atoms with Crippen LogP contribution in [-0.4, -0.2) is 48.1 Å². The first kappa shape index (κ1) is 38.2. The Morgan fingerprint density at radius 1 is 0.556 bits per heavy atom. The number of aryl methyl sites for hydroxylation is 3. The van der Waals surface area contributed by atoms with Crippen LogP contribution in [0.5, 0.6) is 0 Å². The highest BCUT2D eigenvalue weighted by Crippen LogP contribution is 2.60. The third kappa shape index (κ3) is 6.91. The lowest BCUT2D eigenvalue weighted by atomic mass is 9.98. The third-order valence-electron chi connectivity index (χ3n) is 5.99. The lowest BCUT2D eigenvalue weighted by Gasteiger charge is -2.39. The molecule has 0 heterocycles. The van der Waals surface area contributed by atoms with E-state index in [2.05, 4.69) is 93.6 Å². The number of hydrogen-bond donors (Lipinski definition) is 0. The van der Waals surface area contributed by atoms with Crippen molar-refractivity contribution in [2.24, 2.45) is 0 Å². The smallest absolute Gasteiger partial charge is 0.460 e. The zero-order valence-corrected chi connectivity index (χ0v) is 24.5. The van der Waals surface area contributed by atoms with Crippen molar-refractivity contribution in [3.8, 4) is 0 Å². The van der Waals surface area contributed by atoms with Crippen LogP contribution in [0.1, 0.15) is 16.7 Å². The Labute approximate surface area is 251 Å². The molecular formula is C27H21F13O3S2. The Balaban J connectivity index is 0.000000313. The lowest BCUT2D eigenvalue weighted by molar-refractivity contribution is -0.433. The molecule has 3 nitrogen and oxygen atoms in total. The predicted octanol–water partition coefficient (Wildman–Crippen LogP) is 8.94. The minimum absolute atomic E-state index is 0.0460. The van der Waals surface area contributed by atoms with Gasteiger partial charge in [0, 0.05) is 11.1 Å². The molecular weight excluding hydrogens is 683 g/mol. The summed E-state index contributed by atoms with van der Waals surface area (Å²) in [6.45, 7) is 6.65. The van der Waals surface area contributed by atoms with Crippen molar-refractivity contribution in [1.82, 2.24) is 0 Å². The van der Waals surface area contributed by atoms with Gasteiger partial charge in [-0.15, -0.1) is 0 Å². The molecule has 3 aromatic rings. The van der Waals surface area contributed by atoms with Crippen LogP contribution in [0.2, 0.25) is 0 Å². The van der Waals surface area contributed by atoms with E-state index >= 15 is 0 Å². The highest BCUT2D eigenvalue weighted by Gasteiger charge is 2.91. The van der Waals surface area contributed by atoms with E-state index in [0.29, 0.717) is 0 Å². The minimum atomic E-state index is -8.29. The van der Waals surface area contributed by atoms with Gasteiger partial charge in [-0.1, -0.05) is 54.1 Å². The van der Waals surface area contributed by atoms with Gasteiger partial charge in [-0.2, -0.15) is 57.1 Å². The first-order valence-corrected chi connectivity index (χ1v) is 14.6. The number of benzene rings is 3. The van der Waals surface area contributed by atoms with E-state index < -0.39 is 45.2 Å². The SMILES string of the molecule is Cc1cc(C)c([S+](c2ccccc2)c2ccccc2)c(C)c1.O=S(=O)([O-])C(F)(F)C(F)(F)C(F)(F)C(F)(F)C(F)(F)C(F)(F)F. The molecule has 0 radical (unpaired) electrons.